The molecule has 0 aliphatic carbocycles. The molecule has 0 saturated carbocycles. The number of rotatable bonds is 3. The highest BCUT2D eigenvalue weighted by Crippen LogP contribution is 2.28. The van der Waals surface area contributed by atoms with Gasteiger partial charge in [-0.05, 0) is 32.8 Å². The van der Waals surface area contributed by atoms with Crippen molar-refractivity contribution in [3.8, 4) is 0 Å². The van der Waals surface area contributed by atoms with Gasteiger partial charge in [0.25, 0.3) is 0 Å². The Hall–Kier alpha value is -0.560. The normalized spacial score (nSPS) is 21.1. The van der Waals surface area contributed by atoms with Crippen LogP contribution in [-0.2, 0) is 10.0 Å². The molecule has 2 rings (SSSR count). The maximum absolute atomic E-state index is 12.6. The predicted molar refractivity (Wildman–Crippen MR) is 76.0 cm³/mol. The fraction of sp³-hybridized carbons (Fsp3) is 0.667. The molecule has 1 atom stereocenters. The number of piperidine rings is 1. The molecule has 7 heteroatoms. The number of sulfonamides is 1. The van der Waals surface area contributed by atoms with Crippen LogP contribution in [0.3, 0.4) is 0 Å². The van der Waals surface area contributed by atoms with Crippen LogP contribution in [0.4, 0.5) is 0 Å². The standard InChI is InChI=1S/C12H20N2O3S.ClH/c1-9-7-12(10(2)17-9)18(15,16)14-6-4-3-5-11(14)8-13;/h7,11H,3-6,8,13H2,1-2H3;1H. The van der Waals surface area contributed by atoms with Gasteiger partial charge in [-0.2, -0.15) is 4.31 Å². The summed E-state index contributed by atoms with van der Waals surface area (Å²) in [6.07, 6.45) is 2.77. The van der Waals surface area contributed by atoms with E-state index in [1.807, 2.05) is 0 Å². The maximum atomic E-state index is 12.6. The number of furan rings is 1. The van der Waals surface area contributed by atoms with E-state index in [-0.39, 0.29) is 23.3 Å². The summed E-state index contributed by atoms with van der Waals surface area (Å²) < 4.78 is 32.1. The van der Waals surface area contributed by atoms with E-state index in [4.69, 9.17) is 10.2 Å². The molecule has 19 heavy (non-hydrogen) atoms. The fourth-order valence-corrected chi connectivity index (χ4v) is 4.44. The number of hydrogen-bond donors (Lipinski definition) is 1. The summed E-state index contributed by atoms with van der Waals surface area (Å²) >= 11 is 0. The van der Waals surface area contributed by atoms with Crippen LogP contribution in [0.5, 0.6) is 0 Å². The number of aryl methyl sites for hydroxylation is 2. The monoisotopic (exact) mass is 308 g/mol. The minimum absolute atomic E-state index is 0. The Bertz CT molecular complexity index is 527. The van der Waals surface area contributed by atoms with Gasteiger partial charge in [-0.1, -0.05) is 6.42 Å². The lowest BCUT2D eigenvalue weighted by atomic mass is 10.1. The van der Waals surface area contributed by atoms with E-state index in [0.29, 0.717) is 24.6 Å². The molecular formula is C12H21ClN2O3S. The molecule has 1 aromatic heterocycles. The Labute approximate surface area is 120 Å². The van der Waals surface area contributed by atoms with Gasteiger partial charge in [0.1, 0.15) is 16.4 Å². The van der Waals surface area contributed by atoms with Crippen LogP contribution in [0.15, 0.2) is 15.4 Å². The molecule has 0 aromatic carbocycles. The highest BCUT2D eigenvalue weighted by molar-refractivity contribution is 7.89. The van der Waals surface area contributed by atoms with E-state index in [1.165, 1.54) is 4.31 Å². The molecule has 2 N–H and O–H groups in total. The number of halogens is 1. The van der Waals surface area contributed by atoms with E-state index in [9.17, 15) is 8.42 Å². The smallest absolute Gasteiger partial charge is 0.246 e. The zero-order valence-electron chi connectivity index (χ0n) is 11.3. The molecule has 0 spiro atoms. The van der Waals surface area contributed by atoms with Crippen LogP contribution >= 0.6 is 12.4 Å². The van der Waals surface area contributed by atoms with Crippen LogP contribution < -0.4 is 5.73 Å². The molecule has 1 aliphatic rings. The van der Waals surface area contributed by atoms with Crippen molar-refractivity contribution in [2.24, 2.45) is 5.73 Å². The molecule has 0 amide bonds. The average molecular weight is 309 g/mol. The third-order valence-electron chi connectivity index (χ3n) is 3.43. The first-order valence-electron chi connectivity index (χ1n) is 6.25. The summed E-state index contributed by atoms with van der Waals surface area (Å²) in [7, 11) is -3.47. The van der Waals surface area contributed by atoms with E-state index in [2.05, 4.69) is 0 Å². The van der Waals surface area contributed by atoms with Crippen molar-refractivity contribution in [3.05, 3.63) is 17.6 Å². The molecule has 1 unspecified atom stereocenters. The third-order valence-corrected chi connectivity index (χ3v) is 5.49. The summed E-state index contributed by atoms with van der Waals surface area (Å²) in [6, 6.07) is 1.51. The van der Waals surface area contributed by atoms with Crippen LogP contribution in [0.1, 0.15) is 30.8 Å². The molecule has 1 saturated heterocycles. The Balaban J connectivity index is 0.00000180. The number of nitrogens with zero attached hydrogens (tertiary/aromatic N) is 1. The van der Waals surface area contributed by atoms with Crippen LogP contribution in [0.2, 0.25) is 0 Å². The van der Waals surface area contributed by atoms with Crippen LogP contribution in [-0.4, -0.2) is 31.9 Å². The van der Waals surface area contributed by atoms with Gasteiger partial charge in [0, 0.05) is 19.1 Å². The lowest BCUT2D eigenvalue weighted by Crippen LogP contribution is -2.47. The quantitative estimate of drug-likeness (QED) is 0.924. The average Bonchev–Trinajstić information content (AvgIpc) is 2.69. The Morgan fingerprint density at radius 3 is 2.63 bits per heavy atom. The molecule has 5 nitrogen and oxygen atoms in total. The Kier molecular flexibility index (Phi) is 5.43. The van der Waals surface area contributed by atoms with E-state index < -0.39 is 10.0 Å². The second kappa shape index (κ2) is 6.26. The van der Waals surface area contributed by atoms with Gasteiger partial charge in [0.15, 0.2) is 0 Å². The molecule has 2 heterocycles. The molecule has 1 fully saturated rings. The van der Waals surface area contributed by atoms with Gasteiger partial charge in [0.05, 0.1) is 0 Å². The minimum atomic E-state index is -3.47. The van der Waals surface area contributed by atoms with E-state index >= 15 is 0 Å². The van der Waals surface area contributed by atoms with Crippen molar-refractivity contribution < 1.29 is 12.8 Å². The van der Waals surface area contributed by atoms with Gasteiger partial charge in [-0.25, -0.2) is 8.42 Å². The summed E-state index contributed by atoms with van der Waals surface area (Å²) in [6.45, 7) is 4.35. The van der Waals surface area contributed by atoms with E-state index in [1.54, 1.807) is 19.9 Å². The Morgan fingerprint density at radius 1 is 1.42 bits per heavy atom. The lowest BCUT2D eigenvalue weighted by Gasteiger charge is -2.33. The molecule has 1 aromatic rings. The third kappa shape index (κ3) is 3.13. The Morgan fingerprint density at radius 2 is 2.11 bits per heavy atom. The first-order valence-corrected chi connectivity index (χ1v) is 7.69. The zero-order valence-corrected chi connectivity index (χ0v) is 12.9. The molecule has 110 valence electrons. The first kappa shape index (κ1) is 16.5. The second-order valence-electron chi connectivity index (χ2n) is 4.78. The fourth-order valence-electron chi connectivity index (χ4n) is 2.52. The summed E-state index contributed by atoms with van der Waals surface area (Å²) in [5.74, 6) is 1.07. The van der Waals surface area contributed by atoms with Crippen LogP contribution in [0.25, 0.3) is 0 Å². The van der Waals surface area contributed by atoms with Crippen molar-refractivity contribution in [3.63, 3.8) is 0 Å². The second-order valence-corrected chi connectivity index (χ2v) is 6.64. The van der Waals surface area contributed by atoms with Gasteiger partial charge in [0.2, 0.25) is 10.0 Å². The number of nitrogens with two attached hydrogens (primary N) is 1. The van der Waals surface area contributed by atoms with Gasteiger partial charge in [-0.3, -0.25) is 0 Å². The zero-order chi connectivity index (χ0) is 13.3. The molecule has 0 bridgehead atoms. The van der Waals surface area contributed by atoms with Gasteiger partial charge in [-0.15, -0.1) is 12.4 Å². The van der Waals surface area contributed by atoms with Gasteiger partial charge >= 0.3 is 0 Å². The highest BCUT2D eigenvalue weighted by atomic mass is 35.5. The molecule has 1 aliphatic heterocycles. The van der Waals surface area contributed by atoms with Crippen molar-refractivity contribution in [1.82, 2.24) is 4.31 Å². The summed E-state index contributed by atoms with van der Waals surface area (Å²) in [4.78, 5) is 0.278. The summed E-state index contributed by atoms with van der Waals surface area (Å²) in [5.41, 5.74) is 5.68. The van der Waals surface area contributed by atoms with Crippen molar-refractivity contribution in [1.29, 1.82) is 0 Å². The minimum Gasteiger partial charge on any atom is -0.465 e. The van der Waals surface area contributed by atoms with Gasteiger partial charge < -0.3 is 10.2 Å². The van der Waals surface area contributed by atoms with Crippen LogP contribution in [0, 0.1) is 13.8 Å². The first-order chi connectivity index (χ1) is 8.46. The van der Waals surface area contributed by atoms with E-state index in [0.717, 1.165) is 19.3 Å². The van der Waals surface area contributed by atoms with Crippen molar-refractivity contribution >= 4 is 22.4 Å². The van der Waals surface area contributed by atoms with Crippen molar-refractivity contribution in [2.45, 2.75) is 44.0 Å². The molecular weight excluding hydrogens is 288 g/mol. The largest absolute Gasteiger partial charge is 0.465 e. The topological polar surface area (TPSA) is 76.5 Å². The summed E-state index contributed by atoms with van der Waals surface area (Å²) in [5, 5.41) is 0. The predicted octanol–water partition coefficient (Wildman–Crippen LogP) is 1.82. The number of hydrogen-bond acceptors (Lipinski definition) is 4. The SMILES string of the molecule is Cc1cc(S(=O)(=O)N2CCCCC2CN)c(C)o1.Cl. The highest BCUT2D eigenvalue weighted by Gasteiger charge is 2.34. The lowest BCUT2D eigenvalue weighted by molar-refractivity contribution is 0.257. The maximum Gasteiger partial charge on any atom is 0.246 e. The molecule has 0 radical (unpaired) electrons. The van der Waals surface area contributed by atoms with Crippen molar-refractivity contribution in [2.75, 3.05) is 13.1 Å².